The van der Waals surface area contributed by atoms with Crippen LogP contribution in [0.2, 0.25) is 0 Å². The lowest BCUT2D eigenvalue weighted by atomic mass is 10.2. The molecule has 0 aromatic carbocycles. The van der Waals surface area contributed by atoms with Crippen LogP contribution in [0.15, 0.2) is 71.8 Å². The Morgan fingerprint density at radius 3 is 2.69 bits per heavy atom. The summed E-state index contributed by atoms with van der Waals surface area (Å²) in [7, 11) is 1.29. The van der Waals surface area contributed by atoms with Crippen molar-refractivity contribution >= 4 is 17.6 Å². The highest BCUT2D eigenvalue weighted by Gasteiger charge is 2.13. The third-order valence-electron chi connectivity index (χ3n) is 4.14. The lowest BCUT2D eigenvalue weighted by Crippen LogP contribution is -2.12. The fourth-order valence-electron chi connectivity index (χ4n) is 2.71. The van der Waals surface area contributed by atoms with Crippen molar-refractivity contribution in [1.29, 1.82) is 0 Å². The Morgan fingerprint density at radius 2 is 1.97 bits per heavy atom. The largest absolute Gasteiger partial charge is 0.463 e. The second-order valence-corrected chi connectivity index (χ2v) is 6.13. The van der Waals surface area contributed by atoms with Crippen LogP contribution in [0.3, 0.4) is 0 Å². The number of amides is 1. The smallest absolute Gasteiger partial charge is 0.373 e. The zero-order valence-electron chi connectivity index (χ0n) is 15.5. The number of carbonyl (C=O) groups is 2. The first kappa shape index (κ1) is 18.2. The van der Waals surface area contributed by atoms with Gasteiger partial charge in [0.2, 0.25) is 5.76 Å². The molecule has 0 radical (unpaired) electrons. The summed E-state index contributed by atoms with van der Waals surface area (Å²) in [6, 6.07) is 10.5. The molecule has 29 heavy (non-hydrogen) atoms. The molecule has 0 bridgehead atoms. The van der Waals surface area contributed by atoms with Crippen LogP contribution in [-0.2, 0) is 11.3 Å². The van der Waals surface area contributed by atoms with Crippen molar-refractivity contribution in [2.24, 2.45) is 0 Å². The van der Waals surface area contributed by atoms with Crippen LogP contribution >= 0.6 is 0 Å². The molecular formula is C20H17N5O4. The van der Waals surface area contributed by atoms with Gasteiger partial charge in [0.25, 0.3) is 5.91 Å². The Morgan fingerprint density at radius 1 is 1.14 bits per heavy atom. The van der Waals surface area contributed by atoms with Gasteiger partial charge in [-0.05, 0) is 36.4 Å². The fourth-order valence-corrected chi connectivity index (χ4v) is 2.71. The summed E-state index contributed by atoms with van der Waals surface area (Å²) < 4.78 is 13.5. The van der Waals surface area contributed by atoms with Crippen molar-refractivity contribution in [3.8, 4) is 5.82 Å². The number of carbonyl (C=O) groups excluding carboxylic acids is 2. The van der Waals surface area contributed by atoms with Crippen LogP contribution in [0.25, 0.3) is 5.82 Å². The van der Waals surface area contributed by atoms with Crippen molar-refractivity contribution in [2.45, 2.75) is 6.54 Å². The summed E-state index contributed by atoms with van der Waals surface area (Å²) in [5.41, 5.74) is 0.964. The molecule has 0 fully saturated rings. The number of furan rings is 1. The number of nitrogens with zero attached hydrogens (tertiary/aromatic N) is 4. The number of methoxy groups -OCH3 is 1. The molecule has 0 saturated heterocycles. The molecule has 4 rings (SSSR count). The van der Waals surface area contributed by atoms with Gasteiger partial charge in [-0.15, -0.1) is 0 Å². The van der Waals surface area contributed by atoms with E-state index < -0.39 is 5.97 Å². The van der Waals surface area contributed by atoms with Gasteiger partial charge in [0.05, 0.1) is 31.1 Å². The van der Waals surface area contributed by atoms with Gasteiger partial charge in [-0.3, -0.25) is 9.48 Å². The van der Waals surface area contributed by atoms with Crippen LogP contribution in [0, 0.1) is 0 Å². The molecular weight excluding hydrogens is 374 g/mol. The van der Waals surface area contributed by atoms with Crippen LogP contribution in [0.1, 0.15) is 26.7 Å². The molecule has 0 aliphatic carbocycles. The van der Waals surface area contributed by atoms with E-state index in [0.717, 1.165) is 5.82 Å². The minimum atomic E-state index is -0.541. The first-order chi connectivity index (χ1) is 14.1. The lowest BCUT2D eigenvalue weighted by Gasteiger charge is -2.04. The maximum absolute atomic E-state index is 12.4. The molecule has 1 amide bonds. The Hall–Kier alpha value is -4.14. The predicted molar refractivity (Wildman–Crippen MR) is 103 cm³/mol. The first-order valence-electron chi connectivity index (χ1n) is 8.72. The average Bonchev–Trinajstić information content (AvgIpc) is 3.50. The number of nitrogens with one attached hydrogen (secondary N) is 1. The molecule has 0 spiro atoms. The summed E-state index contributed by atoms with van der Waals surface area (Å²) in [4.78, 5) is 28.2. The number of hydrogen-bond donors (Lipinski definition) is 1. The van der Waals surface area contributed by atoms with Gasteiger partial charge in [0.1, 0.15) is 11.6 Å². The summed E-state index contributed by atoms with van der Waals surface area (Å²) in [5, 5.41) is 6.96. The van der Waals surface area contributed by atoms with Gasteiger partial charge in [0, 0.05) is 24.8 Å². The molecule has 146 valence electrons. The monoisotopic (exact) mass is 391 g/mol. The summed E-state index contributed by atoms with van der Waals surface area (Å²) >= 11 is 0. The molecule has 0 atom stereocenters. The van der Waals surface area contributed by atoms with E-state index in [4.69, 9.17) is 4.42 Å². The number of hydrogen-bond acceptors (Lipinski definition) is 6. The first-order valence-corrected chi connectivity index (χ1v) is 8.72. The van der Waals surface area contributed by atoms with Gasteiger partial charge in [-0.1, -0.05) is 0 Å². The van der Waals surface area contributed by atoms with Crippen LogP contribution in [0.5, 0.6) is 0 Å². The lowest BCUT2D eigenvalue weighted by molar-refractivity contribution is 0.0562. The molecule has 4 aromatic heterocycles. The van der Waals surface area contributed by atoms with E-state index in [2.05, 4.69) is 20.1 Å². The highest BCUT2D eigenvalue weighted by Crippen LogP contribution is 2.14. The molecule has 0 saturated carbocycles. The Labute approximate surface area is 165 Å². The quantitative estimate of drug-likeness (QED) is 0.507. The minimum absolute atomic E-state index is 0.124. The topological polar surface area (TPSA) is 104 Å². The van der Waals surface area contributed by atoms with Crippen molar-refractivity contribution in [3.63, 3.8) is 0 Å². The van der Waals surface area contributed by atoms with Crippen LogP contribution in [0.4, 0.5) is 5.69 Å². The minimum Gasteiger partial charge on any atom is -0.463 e. The zero-order valence-corrected chi connectivity index (χ0v) is 15.5. The van der Waals surface area contributed by atoms with Crippen molar-refractivity contribution < 1.29 is 18.7 Å². The third-order valence-corrected chi connectivity index (χ3v) is 4.14. The van der Waals surface area contributed by atoms with E-state index in [-0.39, 0.29) is 11.7 Å². The molecule has 9 nitrogen and oxygen atoms in total. The van der Waals surface area contributed by atoms with E-state index >= 15 is 0 Å². The number of pyridine rings is 1. The Bertz CT molecular complexity index is 1130. The molecule has 0 aliphatic rings. The van der Waals surface area contributed by atoms with Gasteiger partial charge in [-0.2, -0.15) is 5.10 Å². The van der Waals surface area contributed by atoms with Crippen molar-refractivity contribution in [2.75, 3.05) is 12.4 Å². The summed E-state index contributed by atoms with van der Waals surface area (Å²) in [6.07, 6.45) is 8.48. The number of rotatable bonds is 6. The zero-order chi connectivity index (χ0) is 20.2. The van der Waals surface area contributed by atoms with Gasteiger partial charge in [-0.25, -0.2) is 9.78 Å². The molecule has 0 unspecified atom stereocenters. The summed E-state index contributed by atoms with van der Waals surface area (Å²) in [6.45, 7) is 0.306. The SMILES string of the molecule is COC(=O)c1ccc(Cn2cc(NC(=O)c3ccc(-n4cccc4)nc3)cn2)o1. The molecule has 0 aliphatic heterocycles. The number of aromatic nitrogens is 4. The normalized spacial score (nSPS) is 10.7. The number of anilines is 1. The maximum atomic E-state index is 12.4. The van der Waals surface area contributed by atoms with Gasteiger partial charge >= 0.3 is 5.97 Å². The van der Waals surface area contributed by atoms with E-state index in [1.807, 2.05) is 29.1 Å². The van der Waals surface area contributed by atoms with E-state index in [1.54, 1.807) is 29.1 Å². The fraction of sp³-hybridized carbons (Fsp3) is 0.100. The third kappa shape index (κ3) is 4.08. The standard InChI is InChI=1S/C20H17N5O4/c1-28-20(27)17-6-5-16(29-17)13-25-12-15(11-22-25)23-19(26)14-4-7-18(21-10-14)24-8-2-3-9-24/h2-12H,13H2,1H3,(H,23,26). The van der Waals surface area contributed by atoms with Crippen LogP contribution < -0.4 is 5.32 Å². The number of esters is 1. The summed E-state index contributed by atoms with van der Waals surface area (Å²) in [5.74, 6) is 0.558. The Balaban J connectivity index is 1.39. The highest BCUT2D eigenvalue weighted by molar-refractivity contribution is 6.03. The van der Waals surface area contributed by atoms with E-state index in [0.29, 0.717) is 23.6 Å². The maximum Gasteiger partial charge on any atom is 0.373 e. The van der Waals surface area contributed by atoms with Crippen LogP contribution in [-0.4, -0.2) is 38.3 Å². The second kappa shape index (κ2) is 7.85. The van der Waals surface area contributed by atoms with Gasteiger partial charge < -0.3 is 19.0 Å². The molecule has 9 heteroatoms. The molecule has 4 heterocycles. The average molecular weight is 391 g/mol. The van der Waals surface area contributed by atoms with Crippen molar-refractivity contribution in [3.05, 3.63) is 84.5 Å². The van der Waals surface area contributed by atoms with Gasteiger partial charge in [0.15, 0.2) is 0 Å². The molecule has 4 aromatic rings. The highest BCUT2D eigenvalue weighted by atomic mass is 16.5. The molecule has 1 N–H and O–H groups in total. The van der Waals surface area contributed by atoms with E-state index in [1.165, 1.54) is 25.6 Å². The second-order valence-electron chi connectivity index (χ2n) is 6.13. The Kier molecular flexibility index (Phi) is 4.93. The van der Waals surface area contributed by atoms with Crippen molar-refractivity contribution in [1.82, 2.24) is 19.3 Å². The predicted octanol–water partition coefficient (Wildman–Crippen LogP) is 2.75. The van der Waals surface area contributed by atoms with E-state index in [9.17, 15) is 9.59 Å². The number of ether oxygens (including phenoxy) is 1.